The predicted molar refractivity (Wildman–Crippen MR) is 88.6 cm³/mol. The van der Waals surface area contributed by atoms with E-state index in [1.807, 2.05) is 12.1 Å². The van der Waals surface area contributed by atoms with Gasteiger partial charge in [0, 0.05) is 25.2 Å². The standard InChI is InChI=1S/C17H26ClFN2/c1-5-12(4)14-10-21(16(9-20-14)11(2)3)15-8-6-7-13(18)17(15)19/h6-8,11-12,14,16,20H,5,9-10H2,1-4H3. The second-order valence-corrected chi connectivity index (χ2v) is 6.84. The highest BCUT2D eigenvalue weighted by molar-refractivity contribution is 6.31. The Morgan fingerprint density at radius 3 is 2.71 bits per heavy atom. The first-order chi connectivity index (χ1) is 9.95. The van der Waals surface area contributed by atoms with Crippen LogP contribution in [-0.2, 0) is 0 Å². The highest BCUT2D eigenvalue weighted by atomic mass is 35.5. The van der Waals surface area contributed by atoms with Crippen molar-refractivity contribution >= 4 is 17.3 Å². The van der Waals surface area contributed by atoms with Crippen molar-refractivity contribution in [2.24, 2.45) is 11.8 Å². The Labute approximate surface area is 132 Å². The van der Waals surface area contributed by atoms with Gasteiger partial charge in [-0.05, 0) is 24.0 Å². The van der Waals surface area contributed by atoms with E-state index in [2.05, 4.69) is 37.9 Å². The molecule has 2 rings (SSSR count). The Morgan fingerprint density at radius 1 is 1.38 bits per heavy atom. The van der Waals surface area contributed by atoms with Crippen LogP contribution >= 0.6 is 11.6 Å². The zero-order valence-corrected chi connectivity index (χ0v) is 14.1. The smallest absolute Gasteiger partial charge is 0.165 e. The van der Waals surface area contributed by atoms with Crippen LogP contribution in [0.25, 0.3) is 0 Å². The molecule has 1 aliphatic heterocycles. The Hall–Kier alpha value is -0.800. The lowest BCUT2D eigenvalue weighted by molar-refractivity contribution is 0.280. The molecular formula is C17H26ClFN2. The van der Waals surface area contributed by atoms with Gasteiger partial charge in [0.25, 0.3) is 0 Å². The zero-order chi connectivity index (χ0) is 15.6. The van der Waals surface area contributed by atoms with E-state index >= 15 is 0 Å². The van der Waals surface area contributed by atoms with E-state index in [4.69, 9.17) is 11.6 Å². The van der Waals surface area contributed by atoms with E-state index in [-0.39, 0.29) is 10.8 Å². The highest BCUT2D eigenvalue weighted by Crippen LogP contribution is 2.31. The number of halogens is 2. The maximum Gasteiger partial charge on any atom is 0.165 e. The SMILES string of the molecule is CCC(C)C1CN(c2cccc(Cl)c2F)C(C(C)C)CN1. The molecule has 3 atom stereocenters. The lowest BCUT2D eigenvalue weighted by atomic mass is 9.91. The van der Waals surface area contributed by atoms with Gasteiger partial charge < -0.3 is 10.2 Å². The van der Waals surface area contributed by atoms with Gasteiger partial charge >= 0.3 is 0 Å². The molecule has 4 heteroatoms. The minimum Gasteiger partial charge on any atom is -0.363 e. The number of anilines is 1. The molecule has 1 aliphatic rings. The van der Waals surface area contributed by atoms with Crippen molar-refractivity contribution in [3.05, 3.63) is 29.0 Å². The van der Waals surface area contributed by atoms with Crippen LogP contribution in [0, 0.1) is 17.7 Å². The average Bonchev–Trinajstić information content (AvgIpc) is 2.48. The number of nitrogens with zero attached hydrogens (tertiary/aromatic N) is 1. The molecule has 0 aromatic heterocycles. The molecule has 0 radical (unpaired) electrons. The lowest BCUT2D eigenvalue weighted by Crippen LogP contribution is -2.60. The van der Waals surface area contributed by atoms with Gasteiger partial charge in [0.15, 0.2) is 5.82 Å². The van der Waals surface area contributed by atoms with Gasteiger partial charge in [0.2, 0.25) is 0 Å². The van der Waals surface area contributed by atoms with Crippen molar-refractivity contribution in [2.75, 3.05) is 18.0 Å². The molecule has 21 heavy (non-hydrogen) atoms. The predicted octanol–water partition coefficient (Wildman–Crippen LogP) is 4.33. The minimum atomic E-state index is -0.297. The van der Waals surface area contributed by atoms with Gasteiger partial charge in [0.1, 0.15) is 0 Å². The summed E-state index contributed by atoms with van der Waals surface area (Å²) in [6.07, 6.45) is 1.12. The first-order valence-corrected chi connectivity index (χ1v) is 8.27. The molecule has 0 spiro atoms. The van der Waals surface area contributed by atoms with Gasteiger partial charge in [0.05, 0.1) is 10.7 Å². The highest BCUT2D eigenvalue weighted by Gasteiger charge is 2.33. The number of rotatable bonds is 4. The van der Waals surface area contributed by atoms with Crippen molar-refractivity contribution in [1.82, 2.24) is 5.32 Å². The summed E-state index contributed by atoms with van der Waals surface area (Å²) < 4.78 is 14.4. The molecule has 1 heterocycles. The molecule has 2 nitrogen and oxygen atoms in total. The molecule has 0 aliphatic carbocycles. The molecule has 1 fully saturated rings. The largest absolute Gasteiger partial charge is 0.363 e. The lowest BCUT2D eigenvalue weighted by Gasteiger charge is -2.45. The summed E-state index contributed by atoms with van der Waals surface area (Å²) in [7, 11) is 0. The maximum atomic E-state index is 14.4. The molecular weight excluding hydrogens is 287 g/mol. The summed E-state index contributed by atoms with van der Waals surface area (Å²) in [5.41, 5.74) is 0.635. The Balaban J connectivity index is 2.31. The number of piperazine rings is 1. The second-order valence-electron chi connectivity index (χ2n) is 6.44. The normalized spacial score (nSPS) is 24.4. The molecule has 0 bridgehead atoms. The van der Waals surface area contributed by atoms with Crippen LogP contribution in [-0.4, -0.2) is 25.2 Å². The van der Waals surface area contributed by atoms with E-state index in [9.17, 15) is 4.39 Å². The van der Waals surface area contributed by atoms with E-state index in [1.165, 1.54) is 0 Å². The van der Waals surface area contributed by atoms with E-state index in [0.29, 0.717) is 29.6 Å². The quantitative estimate of drug-likeness (QED) is 0.890. The van der Waals surface area contributed by atoms with Crippen molar-refractivity contribution in [3.63, 3.8) is 0 Å². The monoisotopic (exact) mass is 312 g/mol. The summed E-state index contributed by atoms with van der Waals surface area (Å²) >= 11 is 5.97. The summed E-state index contributed by atoms with van der Waals surface area (Å²) in [6, 6.07) is 5.97. The molecule has 118 valence electrons. The van der Waals surface area contributed by atoms with Crippen molar-refractivity contribution in [2.45, 2.75) is 46.2 Å². The number of benzene rings is 1. The van der Waals surface area contributed by atoms with Crippen LogP contribution in [0.15, 0.2) is 18.2 Å². The zero-order valence-electron chi connectivity index (χ0n) is 13.4. The first-order valence-electron chi connectivity index (χ1n) is 7.89. The third-order valence-corrected chi connectivity index (χ3v) is 5.02. The number of nitrogens with one attached hydrogen (secondary N) is 1. The maximum absolute atomic E-state index is 14.4. The third kappa shape index (κ3) is 3.51. The molecule has 0 saturated carbocycles. The van der Waals surface area contributed by atoms with Crippen molar-refractivity contribution in [1.29, 1.82) is 0 Å². The summed E-state index contributed by atoms with van der Waals surface area (Å²) in [6.45, 7) is 10.5. The number of hydrogen-bond acceptors (Lipinski definition) is 2. The first kappa shape index (κ1) is 16.6. The third-order valence-electron chi connectivity index (χ3n) is 4.72. The summed E-state index contributed by atoms with van der Waals surface area (Å²) in [5, 5.41) is 3.84. The van der Waals surface area contributed by atoms with E-state index in [0.717, 1.165) is 19.5 Å². The van der Waals surface area contributed by atoms with Crippen LogP contribution < -0.4 is 10.2 Å². The molecule has 1 aromatic carbocycles. The van der Waals surface area contributed by atoms with Crippen LogP contribution in [0.4, 0.5) is 10.1 Å². The average molecular weight is 313 g/mol. The van der Waals surface area contributed by atoms with Gasteiger partial charge in [-0.2, -0.15) is 0 Å². The molecule has 1 N–H and O–H groups in total. The van der Waals surface area contributed by atoms with Crippen LogP contribution in [0.5, 0.6) is 0 Å². The molecule has 1 aromatic rings. The Morgan fingerprint density at radius 2 is 2.10 bits per heavy atom. The summed E-state index contributed by atoms with van der Waals surface area (Å²) in [5.74, 6) is 0.728. The Kier molecular flexibility index (Phi) is 5.50. The van der Waals surface area contributed by atoms with Gasteiger partial charge in [-0.3, -0.25) is 0 Å². The van der Waals surface area contributed by atoms with Crippen molar-refractivity contribution < 1.29 is 4.39 Å². The van der Waals surface area contributed by atoms with Gasteiger partial charge in [-0.15, -0.1) is 0 Å². The van der Waals surface area contributed by atoms with E-state index < -0.39 is 0 Å². The van der Waals surface area contributed by atoms with Gasteiger partial charge in [-0.1, -0.05) is 51.8 Å². The summed E-state index contributed by atoms with van der Waals surface area (Å²) in [4.78, 5) is 2.21. The van der Waals surface area contributed by atoms with Crippen LogP contribution in [0.3, 0.4) is 0 Å². The number of hydrogen-bond donors (Lipinski definition) is 1. The second kappa shape index (κ2) is 6.97. The minimum absolute atomic E-state index is 0.202. The molecule has 3 unspecified atom stereocenters. The fourth-order valence-corrected chi connectivity index (χ4v) is 3.22. The topological polar surface area (TPSA) is 15.3 Å². The van der Waals surface area contributed by atoms with Crippen LogP contribution in [0.1, 0.15) is 34.1 Å². The van der Waals surface area contributed by atoms with Crippen LogP contribution in [0.2, 0.25) is 5.02 Å². The Bertz CT molecular complexity index is 478. The van der Waals surface area contributed by atoms with Gasteiger partial charge in [-0.25, -0.2) is 4.39 Å². The fraction of sp³-hybridized carbons (Fsp3) is 0.647. The molecule has 0 amide bonds. The fourth-order valence-electron chi connectivity index (χ4n) is 3.05. The van der Waals surface area contributed by atoms with Crippen molar-refractivity contribution in [3.8, 4) is 0 Å². The molecule has 1 saturated heterocycles. The van der Waals surface area contributed by atoms with E-state index in [1.54, 1.807) is 6.07 Å².